The van der Waals surface area contributed by atoms with Crippen LogP contribution in [0.5, 0.6) is 5.75 Å². The van der Waals surface area contributed by atoms with Crippen LogP contribution in [0.15, 0.2) is 42.5 Å². The molecule has 150 valence electrons. The van der Waals surface area contributed by atoms with Crippen LogP contribution in [0.1, 0.15) is 32.3 Å². The molecule has 1 N–H and O–H groups in total. The second-order valence-electron chi connectivity index (χ2n) is 6.40. The van der Waals surface area contributed by atoms with Crippen molar-refractivity contribution < 1.29 is 14.5 Å². The number of carbonyl (C=O) groups is 1. The third kappa shape index (κ3) is 5.70. The van der Waals surface area contributed by atoms with Crippen molar-refractivity contribution in [2.45, 2.75) is 33.6 Å². The Labute approximate surface area is 165 Å². The van der Waals surface area contributed by atoms with Gasteiger partial charge in [-0.05, 0) is 57.0 Å². The van der Waals surface area contributed by atoms with Crippen molar-refractivity contribution in [1.29, 1.82) is 0 Å². The van der Waals surface area contributed by atoms with E-state index in [0.717, 1.165) is 30.0 Å². The molecule has 0 atom stereocenters. The van der Waals surface area contributed by atoms with Gasteiger partial charge in [0, 0.05) is 37.0 Å². The summed E-state index contributed by atoms with van der Waals surface area (Å²) >= 11 is 0. The summed E-state index contributed by atoms with van der Waals surface area (Å²) < 4.78 is 5.46. The molecule has 0 aliphatic heterocycles. The van der Waals surface area contributed by atoms with Gasteiger partial charge in [-0.2, -0.15) is 0 Å². The van der Waals surface area contributed by atoms with E-state index >= 15 is 0 Å². The van der Waals surface area contributed by atoms with Gasteiger partial charge in [0.1, 0.15) is 0 Å². The number of nitro groups is 1. The number of nitro benzene ring substituents is 1. The molecule has 0 aromatic heterocycles. The molecule has 0 fully saturated rings. The number of para-hydroxylation sites is 2. The number of amides is 1. The standard InChI is InChI=1S/C21H27N3O4/c1-4-23(5-2)17-12-13-18(16(3)15-17)22-21(25)11-8-14-28-20-10-7-6-9-19(20)24(26)27/h6-7,9-10,12-13,15H,4-5,8,11,14H2,1-3H3,(H,22,25). The minimum absolute atomic E-state index is 0.0733. The van der Waals surface area contributed by atoms with Crippen LogP contribution >= 0.6 is 0 Å². The Balaban J connectivity index is 1.84. The van der Waals surface area contributed by atoms with Crippen molar-refractivity contribution in [3.8, 4) is 5.75 Å². The molecule has 28 heavy (non-hydrogen) atoms. The van der Waals surface area contributed by atoms with Crippen molar-refractivity contribution in [3.63, 3.8) is 0 Å². The molecule has 0 bridgehead atoms. The van der Waals surface area contributed by atoms with Crippen LogP contribution in [0.25, 0.3) is 0 Å². The van der Waals surface area contributed by atoms with E-state index < -0.39 is 4.92 Å². The molecule has 0 heterocycles. The Kier molecular flexibility index (Phi) is 7.80. The van der Waals surface area contributed by atoms with Gasteiger partial charge >= 0.3 is 5.69 Å². The normalized spacial score (nSPS) is 10.4. The summed E-state index contributed by atoms with van der Waals surface area (Å²) in [6.07, 6.45) is 0.742. The van der Waals surface area contributed by atoms with Crippen LogP contribution in [0.4, 0.5) is 17.1 Å². The van der Waals surface area contributed by atoms with Crippen molar-refractivity contribution >= 4 is 23.0 Å². The van der Waals surface area contributed by atoms with Crippen molar-refractivity contribution in [3.05, 3.63) is 58.1 Å². The quantitative estimate of drug-likeness (QED) is 0.368. The molecule has 0 radical (unpaired) electrons. The maximum atomic E-state index is 12.2. The summed E-state index contributed by atoms with van der Waals surface area (Å²) in [6, 6.07) is 12.2. The Bertz CT molecular complexity index is 819. The van der Waals surface area contributed by atoms with E-state index in [1.807, 2.05) is 19.1 Å². The molecule has 7 heteroatoms. The highest BCUT2D eigenvalue weighted by molar-refractivity contribution is 5.91. The zero-order valence-electron chi connectivity index (χ0n) is 16.6. The molecule has 0 aliphatic carbocycles. The lowest BCUT2D eigenvalue weighted by molar-refractivity contribution is -0.385. The first-order chi connectivity index (χ1) is 13.5. The first kappa shape index (κ1) is 21.2. The summed E-state index contributed by atoms with van der Waals surface area (Å²) in [5.74, 6) is 0.112. The number of carbonyl (C=O) groups excluding carboxylic acids is 1. The summed E-state index contributed by atoms with van der Waals surface area (Å²) in [6.45, 7) is 8.29. The van der Waals surface area contributed by atoms with Crippen molar-refractivity contribution in [2.24, 2.45) is 0 Å². The van der Waals surface area contributed by atoms with Gasteiger partial charge in [-0.3, -0.25) is 14.9 Å². The third-order valence-corrected chi connectivity index (χ3v) is 4.48. The van der Waals surface area contributed by atoms with Gasteiger partial charge in [-0.15, -0.1) is 0 Å². The van der Waals surface area contributed by atoms with Crippen LogP contribution in [-0.2, 0) is 4.79 Å². The average molecular weight is 385 g/mol. The smallest absolute Gasteiger partial charge is 0.310 e. The summed E-state index contributed by atoms with van der Waals surface area (Å²) in [5.41, 5.74) is 2.86. The highest BCUT2D eigenvalue weighted by atomic mass is 16.6. The molecule has 2 rings (SSSR count). The number of hydrogen-bond acceptors (Lipinski definition) is 5. The molecular weight excluding hydrogens is 358 g/mol. The van der Waals surface area contributed by atoms with Crippen LogP contribution < -0.4 is 15.0 Å². The Hall–Kier alpha value is -3.09. The molecule has 2 aromatic rings. The van der Waals surface area contributed by atoms with Gasteiger partial charge in [-0.25, -0.2) is 0 Å². The van der Waals surface area contributed by atoms with E-state index in [9.17, 15) is 14.9 Å². The number of rotatable bonds is 10. The number of nitrogens with one attached hydrogen (secondary N) is 1. The van der Waals surface area contributed by atoms with Crippen LogP contribution in [0, 0.1) is 17.0 Å². The average Bonchev–Trinajstić information content (AvgIpc) is 2.68. The second-order valence-corrected chi connectivity index (χ2v) is 6.40. The van der Waals surface area contributed by atoms with E-state index in [4.69, 9.17) is 4.74 Å². The lowest BCUT2D eigenvalue weighted by atomic mass is 10.1. The molecular formula is C21H27N3O4. The number of anilines is 2. The summed E-state index contributed by atoms with van der Waals surface area (Å²) in [5, 5.41) is 13.9. The molecule has 1 amide bonds. The zero-order valence-corrected chi connectivity index (χ0v) is 16.6. The lowest BCUT2D eigenvalue weighted by Gasteiger charge is -2.22. The minimum atomic E-state index is -0.479. The molecule has 2 aromatic carbocycles. The van der Waals surface area contributed by atoms with Crippen LogP contribution in [0.3, 0.4) is 0 Å². The zero-order chi connectivity index (χ0) is 20.5. The van der Waals surface area contributed by atoms with E-state index in [1.165, 1.54) is 6.07 Å². The maximum Gasteiger partial charge on any atom is 0.310 e. The van der Waals surface area contributed by atoms with E-state index in [0.29, 0.717) is 6.42 Å². The fraction of sp³-hybridized carbons (Fsp3) is 0.381. The predicted molar refractivity (Wildman–Crippen MR) is 111 cm³/mol. The largest absolute Gasteiger partial charge is 0.487 e. The van der Waals surface area contributed by atoms with E-state index in [-0.39, 0.29) is 30.4 Å². The van der Waals surface area contributed by atoms with Gasteiger partial charge in [0.05, 0.1) is 11.5 Å². The minimum Gasteiger partial charge on any atom is -0.487 e. The third-order valence-electron chi connectivity index (χ3n) is 4.48. The fourth-order valence-electron chi connectivity index (χ4n) is 2.93. The van der Waals surface area contributed by atoms with Gasteiger partial charge in [0.25, 0.3) is 0 Å². The molecule has 7 nitrogen and oxygen atoms in total. The van der Waals surface area contributed by atoms with Gasteiger partial charge < -0.3 is 15.0 Å². The summed E-state index contributed by atoms with van der Waals surface area (Å²) in [7, 11) is 0. The molecule has 0 unspecified atom stereocenters. The number of ether oxygens (including phenoxy) is 1. The van der Waals surface area contributed by atoms with E-state index in [1.54, 1.807) is 18.2 Å². The Morgan fingerprint density at radius 1 is 1.18 bits per heavy atom. The van der Waals surface area contributed by atoms with Gasteiger partial charge in [0.15, 0.2) is 5.75 Å². The van der Waals surface area contributed by atoms with Crippen LogP contribution in [-0.4, -0.2) is 30.5 Å². The number of benzene rings is 2. The summed E-state index contributed by atoms with van der Waals surface area (Å²) in [4.78, 5) is 24.9. The SMILES string of the molecule is CCN(CC)c1ccc(NC(=O)CCCOc2ccccc2[N+](=O)[O-])c(C)c1. The van der Waals surface area contributed by atoms with E-state index in [2.05, 4.69) is 30.1 Å². The lowest BCUT2D eigenvalue weighted by Crippen LogP contribution is -2.22. The van der Waals surface area contributed by atoms with Gasteiger partial charge in [-0.1, -0.05) is 12.1 Å². The van der Waals surface area contributed by atoms with Crippen molar-refractivity contribution in [1.82, 2.24) is 0 Å². The number of aryl methyl sites for hydroxylation is 1. The van der Waals surface area contributed by atoms with Gasteiger partial charge in [0.2, 0.25) is 5.91 Å². The second kappa shape index (κ2) is 10.3. The maximum absolute atomic E-state index is 12.2. The first-order valence-electron chi connectivity index (χ1n) is 9.47. The molecule has 0 saturated carbocycles. The molecule has 0 aliphatic rings. The highest BCUT2D eigenvalue weighted by Gasteiger charge is 2.13. The highest BCUT2D eigenvalue weighted by Crippen LogP contribution is 2.26. The molecule has 0 saturated heterocycles. The van der Waals surface area contributed by atoms with Crippen molar-refractivity contribution in [2.75, 3.05) is 29.9 Å². The Morgan fingerprint density at radius 3 is 2.54 bits per heavy atom. The predicted octanol–water partition coefficient (Wildman–Crippen LogP) is 4.55. The van der Waals surface area contributed by atoms with Crippen LogP contribution in [0.2, 0.25) is 0 Å². The monoisotopic (exact) mass is 385 g/mol. The first-order valence-corrected chi connectivity index (χ1v) is 9.47. The number of hydrogen-bond donors (Lipinski definition) is 1. The number of nitrogens with zero attached hydrogens (tertiary/aromatic N) is 2. The molecule has 0 spiro atoms. The fourth-order valence-corrected chi connectivity index (χ4v) is 2.93. The Morgan fingerprint density at radius 2 is 1.89 bits per heavy atom. The topological polar surface area (TPSA) is 84.7 Å².